The van der Waals surface area contributed by atoms with E-state index < -0.39 is 18.1 Å². The summed E-state index contributed by atoms with van der Waals surface area (Å²) in [5.74, 6) is 2.57. The van der Waals surface area contributed by atoms with Crippen molar-refractivity contribution in [1.82, 2.24) is 35.1 Å². The lowest BCUT2D eigenvalue weighted by atomic mass is 9.92. The van der Waals surface area contributed by atoms with E-state index in [1.54, 1.807) is 12.0 Å². The molecule has 5 aromatic rings. The first kappa shape index (κ1) is 39.8. The number of H-pyrrole nitrogens is 2. The molecule has 4 N–H and O–H groups in total. The normalized spacial score (nSPS) is 21.7. The zero-order valence-electron chi connectivity index (χ0n) is 34.6. The first-order valence-electron chi connectivity index (χ1n) is 20.2. The number of rotatable bonds is 10. The minimum atomic E-state index is -1.24. The van der Waals surface area contributed by atoms with Gasteiger partial charge in [-0.25, -0.2) is 14.8 Å². The standard InChI is InChI=1S/C44H55N7O7/c1-23(2)37(49-42(53)56-8)41(52)50-19-24(3)13-34(50)40-46-32-12-10-26-16-31-29-11-9-27(15-28(29)22-57-36(31)17-30(26)38(32)48-40)33-18-45-39(47-33)35-14-25(21-55-7)20-51(35)43(54)58-44(4,5)6/h9-12,15-18,23-25,34-35,37,42,49,53H,13-14,19-22H2,1-8H3,(H,45,47)(H,46,48)/t24-,25-,34-,35-,37-,42?/m0/s1. The van der Waals surface area contributed by atoms with Crippen LogP contribution in [0, 0.1) is 17.8 Å². The molecule has 3 aliphatic heterocycles. The number of carbonyl (C=O) groups excluding carboxylic acids is 2. The molecule has 14 nitrogen and oxygen atoms in total. The van der Waals surface area contributed by atoms with E-state index in [1.807, 2.05) is 51.8 Å². The van der Waals surface area contributed by atoms with Crippen LogP contribution in [0.4, 0.5) is 4.79 Å². The number of ether oxygens (including phenoxy) is 4. The van der Waals surface area contributed by atoms with Crippen molar-refractivity contribution >= 4 is 33.8 Å². The van der Waals surface area contributed by atoms with Crippen LogP contribution in [-0.2, 0) is 25.6 Å². The average molecular weight is 794 g/mol. The Hall–Kier alpha value is -5.02. The molecule has 14 heteroatoms. The van der Waals surface area contributed by atoms with Crippen LogP contribution in [0.25, 0.3) is 44.2 Å². The summed E-state index contributed by atoms with van der Waals surface area (Å²) in [5, 5.41) is 15.1. The Labute approximate surface area is 338 Å². The molecular weight excluding hydrogens is 739 g/mol. The van der Waals surface area contributed by atoms with Crippen LogP contribution in [0.2, 0.25) is 0 Å². The van der Waals surface area contributed by atoms with Crippen molar-refractivity contribution in [3.8, 4) is 28.1 Å². The lowest BCUT2D eigenvalue weighted by molar-refractivity contribution is -0.145. The van der Waals surface area contributed by atoms with E-state index in [1.165, 1.54) is 7.11 Å². The third-order valence-electron chi connectivity index (χ3n) is 11.6. The number of fused-ring (bicyclic) bond motifs is 6. The number of benzene rings is 3. The topological polar surface area (TPSA) is 167 Å². The summed E-state index contributed by atoms with van der Waals surface area (Å²) < 4.78 is 22.6. The molecule has 0 saturated carbocycles. The lowest BCUT2D eigenvalue weighted by Gasteiger charge is -2.31. The van der Waals surface area contributed by atoms with Gasteiger partial charge in [-0.2, -0.15) is 0 Å². The lowest BCUT2D eigenvalue weighted by Crippen LogP contribution is -2.53. The predicted octanol–water partition coefficient (Wildman–Crippen LogP) is 7.06. The van der Waals surface area contributed by atoms with Crippen LogP contribution in [0.5, 0.6) is 5.75 Å². The smallest absolute Gasteiger partial charge is 0.410 e. The van der Waals surface area contributed by atoms with E-state index in [2.05, 4.69) is 58.6 Å². The summed E-state index contributed by atoms with van der Waals surface area (Å²) >= 11 is 0. The molecule has 0 radical (unpaired) electrons. The van der Waals surface area contributed by atoms with Crippen molar-refractivity contribution in [3.63, 3.8) is 0 Å². The van der Waals surface area contributed by atoms with E-state index in [4.69, 9.17) is 28.9 Å². The second-order valence-electron chi connectivity index (χ2n) is 17.5. The number of imidazole rings is 2. The van der Waals surface area contributed by atoms with Gasteiger partial charge >= 0.3 is 6.09 Å². The molecule has 1 unspecified atom stereocenters. The van der Waals surface area contributed by atoms with Gasteiger partial charge < -0.3 is 38.9 Å². The molecule has 308 valence electrons. The Bertz CT molecular complexity index is 2330. The largest absolute Gasteiger partial charge is 0.488 e. The Morgan fingerprint density at radius 3 is 2.53 bits per heavy atom. The van der Waals surface area contributed by atoms with Gasteiger partial charge in [-0.3, -0.25) is 15.0 Å². The van der Waals surface area contributed by atoms with Gasteiger partial charge in [0.15, 0.2) is 0 Å². The molecule has 58 heavy (non-hydrogen) atoms. The van der Waals surface area contributed by atoms with Crippen molar-refractivity contribution in [1.29, 1.82) is 0 Å². The SMILES string of the molecule is COC[C@H]1C[C@@H](c2ncc(-c3ccc4c(c3)COc3cc5c(ccc6[nH]c([C@@H]7C[C@H](C)CN7C(=O)[C@@H](NC(O)OC)C(C)C)nc65)cc3-4)[nH]2)N(C(=O)OC(C)(C)C)C1. The number of hydrogen-bond acceptors (Lipinski definition) is 10. The third-order valence-corrected chi connectivity index (χ3v) is 11.6. The summed E-state index contributed by atoms with van der Waals surface area (Å²) in [7, 11) is 3.08. The first-order valence-corrected chi connectivity index (χ1v) is 20.2. The van der Waals surface area contributed by atoms with Gasteiger partial charge in [-0.15, -0.1) is 0 Å². The van der Waals surface area contributed by atoms with Gasteiger partial charge in [0.25, 0.3) is 0 Å². The monoisotopic (exact) mass is 793 g/mol. The minimum absolute atomic E-state index is 0.0650. The fourth-order valence-corrected chi connectivity index (χ4v) is 8.84. The highest BCUT2D eigenvalue weighted by Crippen LogP contribution is 2.44. The van der Waals surface area contributed by atoms with E-state index in [9.17, 15) is 14.7 Å². The molecule has 2 aromatic heterocycles. The number of carbonyl (C=O) groups is 2. The summed E-state index contributed by atoms with van der Waals surface area (Å²) in [5.41, 5.74) is 6.13. The van der Waals surface area contributed by atoms with E-state index >= 15 is 0 Å². The highest BCUT2D eigenvalue weighted by molar-refractivity contribution is 6.07. The number of hydrogen-bond donors (Lipinski definition) is 4. The molecule has 2 fully saturated rings. The Morgan fingerprint density at radius 2 is 1.79 bits per heavy atom. The molecular formula is C44H55N7O7. The summed E-state index contributed by atoms with van der Waals surface area (Å²) in [6.07, 6.45) is 1.74. The first-order chi connectivity index (χ1) is 27.7. The number of nitrogens with one attached hydrogen (secondary N) is 3. The predicted molar refractivity (Wildman–Crippen MR) is 220 cm³/mol. The highest BCUT2D eigenvalue weighted by Gasteiger charge is 2.41. The van der Waals surface area contributed by atoms with Crippen LogP contribution in [0.15, 0.2) is 48.7 Å². The highest BCUT2D eigenvalue weighted by atomic mass is 16.6. The van der Waals surface area contributed by atoms with Crippen LogP contribution < -0.4 is 10.1 Å². The maximum atomic E-state index is 13.9. The van der Waals surface area contributed by atoms with Crippen molar-refractivity contribution in [2.75, 3.05) is 33.9 Å². The number of amides is 2. The Balaban J connectivity index is 1.05. The van der Waals surface area contributed by atoms with Crippen molar-refractivity contribution in [2.45, 2.75) is 91.1 Å². The third kappa shape index (κ3) is 7.66. The van der Waals surface area contributed by atoms with Crippen molar-refractivity contribution in [2.24, 2.45) is 17.8 Å². The van der Waals surface area contributed by atoms with Crippen molar-refractivity contribution < 1.29 is 33.6 Å². The number of likely N-dealkylation sites (tertiary alicyclic amines) is 2. The number of aromatic amines is 2. The number of methoxy groups -OCH3 is 2. The fraction of sp³-hybridized carbons (Fsp3) is 0.500. The van der Waals surface area contributed by atoms with Crippen LogP contribution in [0.3, 0.4) is 0 Å². The molecule has 5 heterocycles. The number of nitrogens with zero attached hydrogens (tertiary/aromatic N) is 4. The minimum Gasteiger partial charge on any atom is -0.488 e. The molecule has 0 bridgehead atoms. The number of aromatic nitrogens is 4. The maximum Gasteiger partial charge on any atom is 0.410 e. The van der Waals surface area contributed by atoms with Gasteiger partial charge in [0.1, 0.15) is 29.6 Å². The molecule has 2 amide bonds. The fourth-order valence-electron chi connectivity index (χ4n) is 8.84. The number of aliphatic hydroxyl groups excluding tert-OH is 1. The van der Waals surface area contributed by atoms with Crippen LogP contribution >= 0.6 is 0 Å². The number of aliphatic hydroxyl groups is 1. The quantitative estimate of drug-likeness (QED) is 0.108. The van der Waals surface area contributed by atoms with Crippen LogP contribution in [0.1, 0.15) is 83.7 Å². The van der Waals surface area contributed by atoms with E-state index in [-0.39, 0.29) is 41.8 Å². The van der Waals surface area contributed by atoms with Gasteiger partial charge in [0.2, 0.25) is 12.3 Å². The molecule has 2 saturated heterocycles. The van der Waals surface area contributed by atoms with E-state index in [0.717, 1.165) is 80.0 Å². The average Bonchev–Trinajstić information content (AvgIpc) is 4.00. The summed E-state index contributed by atoms with van der Waals surface area (Å²) in [6, 6.07) is 13.7. The van der Waals surface area contributed by atoms with Gasteiger partial charge in [0, 0.05) is 44.2 Å². The second kappa shape index (κ2) is 15.6. The summed E-state index contributed by atoms with van der Waals surface area (Å²) in [4.78, 5) is 47.8. The van der Waals surface area contributed by atoms with Gasteiger partial charge in [-0.1, -0.05) is 39.0 Å². The molecule has 3 aromatic carbocycles. The zero-order valence-corrected chi connectivity index (χ0v) is 34.6. The van der Waals surface area contributed by atoms with Crippen molar-refractivity contribution in [3.05, 3.63) is 65.9 Å². The van der Waals surface area contributed by atoms with E-state index in [0.29, 0.717) is 26.3 Å². The second-order valence-corrected chi connectivity index (χ2v) is 17.5. The molecule has 0 aliphatic carbocycles. The van der Waals surface area contributed by atoms with Crippen LogP contribution in [-0.4, -0.2) is 98.8 Å². The maximum absolute atomic E-state index is 13.9. The summed E-state index contributed by atoms with van der Waals surface area (Å²) in [6.45, 7) is 13.8. The van der Waals surface area contributed by atoms with Gasteiger partial charge in [-0.05, 0) is 91.8 Å². The zero-order chi connectivity index (χ0) is 41.0. The Morgan fingerprint density at radius 1 is 1.00 bits per heavy atom. The van der Waals surface area contributed by atoms with Gasteiger partial charge in [0.05, 0.1) is 47.7 Å². The molecule has 3 aliphatic rings. The molecule has 8 rings (SSSR count). The molecule has 0 spiro atoms. The molecule has 6 atom stereocenters. The Kier molecular flexibility index (Phi) is 10.7.